The van der Waals surface area contributed by atoms with Crippen molar-refractivity contribution < 1.29 is 14.3 Å². The fourth-order valence-corrected chi connectivity index (χ4v) is 2.82. The van der Waals surface area contributed by atoms with Gasteiger partial charge in [0, 0.05) is 11.1 Å². The van der Waals surface area contributed by atoms with Gasteiger partial charge in [0.05, 0.1) is 6.07 Å². The first kappa shape index (κ1) is 17.7. The second-order valence-electron chi connectivity index (χ2n) is 6.64. The van der Waals surface area contributed by atoms with Crippen molar-refractivity contribution in [1.29, 1.82) is 5.26 Å². The molecule has 0 spiro atoms. The molecule has 3 rings (SSSR count). The Morgan fingerprint density at radius 1 is 1.12 bits per heavy atom. The Kier molecular flexibility index (Phi) is 5.04. The van der Waals surface area contributed by atoms with E-state index in [4.69, 9.17) is 4.74 Å². The molecule has 1 aliphatic carbocycles. The van der Waals surface area contributed by atoms with Crippen LogP contribution in [0.15, 0.2) is 54.6 Å². The smallest absolute Gasteiger partial charge is 0.259 e. The van der Waals surface area contributed by atoms with Crippen LogP contribution in [0.3, 0.4) is 0 Å². The van der Waals surface area contributed by atoms with Gasteiger partial charge in [0.15, 0.2) is 12.4 Å². The van der Waals surface area contributed by atoms with Crippen molar-refractivity contribution in [3.8, 4) is 11.8 Å². The molecule has 0 unspecified atom stereocenters. The maximum atomic E-state index is 12.3. The number of nitrogens with zero attached hydrogens (tertiary/aromatic N) is 1. The van der Waals surface area contributed by atoms with Gasteiger partial charge >= 0.3 is 0 Å². The van der Waals surface area contributed by atoms with Gasteiger partial charge in [0.1, 0.15) is 11.3 Å². The molecule has 0 aromatic heterocycles. The topological polar surface area (TPSA) is 79.2 Å². The molecule has 132 valence electrons. The highest BCUT2D eigenvalue weighted by Gasteiger charge is 2.43. The fourth-order valence-electron chi connectivity index (χ4n) is 2.82. The Morgan fingerprint density at radius 3 is 2.31 bits per heavy atom. The first-order chi connectivity index (χ1) is 12.5. The first-order valence-corrected chi connectivity index (χ1v) is 8.57. The lowest BCUT2D eigenvalue weighted by atomic mass is 9.98. The van der Waals surface area contributed by atoms with Gasteiger partial charge in [0.2, 0.25) is 0 Å². The first-order valence-electron chi connectivity index (χ1n) is 8.57. The molecule has 0 bridgehead atoms. The highest BCUT2D eigenvalue weighted by atomic mass is 16.5. The summed E-state index contributed by atoms with van der Waals surface area (Å²) in [4.78, 5) is 24.4. The van der Waals surface area contributed by atoms with Crippen molar-refractivity contribution in [3.05, 3.63) is 65.7 Å². The molecular formula is C21H20N2O3. The third-order valence-corrected chi connectivity index (χ3v) is 4.55. The van der Waals surface area contributed by atoms with Crippen LogP contribution in [0.5, 0.6) is 5.75 Å². The van der Waals surface area contributed by atoms with E-state index in [1.54, 1.807) is 43.3 Å². The van der Waals surface area contributed by atoms with Crippen molar-refractivity contribution in [1.82, 2.24) is 5.32 Å². The Labute approximate surface area is 152 Å². The molecule has 0 heterocycles. The lowest BCUT2D eigenvalue weighted by Gasteiger charge is -2.22. The third kappa shape index (κ3) is 4.09. The number of nitriles is 1. The van der Waals surface area contributed by atoms with Gasteiger partial charge in [-0.3, -0.25) is 9.59 Å². The van der Waals surface area contributed by atoms with Crippen molar-refractivity contribution in [3.63, 3.8) is 0 Å². The second kappa shape index (κ2) is 7.40. The quantitative estimate of drug-likeness (QED) is 0.780. The van der Waals surface area contributed by atoms with Gasteiger partial charge in [-0.05, 0) is 49.9 Å². The number of hydrogen-bond acceptors (Lipinski definition) is 4. The molecule has 1 N–H and O–H groups in total. The maximum absolute atomic E-state index is 12.3. The third-order valence-electron chi connectivity index (χ3n) is 4.55. The van der Waals surface area contributed by atoms with Gasteiger partial charge < -0.3 is 10.1 Å². The van der Waals surface area contributed by atoms with E-state index in [0.29, 0.717) is 16.9 Å². The van der Waals surface area contributed by atoms with Crippen LogP contribution < -0.4 is 10.1 Å². The largest absolute Gasteiger partial charge is 0.484 e. The number of carbonyl (C=O) groups is 2. The molecule has 1 aliphatic rings. The van der Waals surface area contributed by atoms with E-state index in [2.05, 4.69) is 11.4 Å². The van der Waals surface area contributed by atoms with E-state index < -0.39 is 5.54 Å². The van der Waals surface area contributed by atoms with Crippen LogP contribution in [-0.2, 0) is 4.79 Å². The fraction of sp³-hybridized carbons (Fsp3) is 0.286. The zero-order valence-electron chi connectivity index (χ0n) is 14.6. The number of ketones is 1. The SMILES string of the molecule is C[C@@](C#N)(NC(=O)COc1ccc(C(=O)c2ccccc2)cc1)C1CC1. The molecule has 1 amide bonds. The highest BCUT2D eigenvalue weighted by molar-refractivity contribution is 6.08. The number of nitrogens with one attached hydrogen (secondary N) is 1. The van der Waals surface area contributed by atoms with Crippen LogP contribution in [0.1, 0.15) is 35.7 Å². The minimum atomic E-state index is -0.827. The normalized spacial score (nSPS) is 15.4. The van der Waals surface area contributed by atoms with E-state index in [9.17, 15) is 14.9 Å². The molecule has 0 saturated heterocycles. The summed E-state index contributed by atoms with van der Waals surface area (Å²) in [6.45, 7) is 1.57. The summed E-state index contributed by atoms with van der Waals surface area (Å²) in [6.07, 6.45) is 1.92. The second-order valence-corrected chi connectivity index (χ2v) is 6.64. The van der Waals surface area contributed by atoms with Crippen LogP contribution in [0, 0.1) is 17.2 Å². The van der Waals surface area contributed by atoms with E-state index >= 15 is 0 Å². The van der Waals surface area contributed by atoms with Crippen LogP contribution in [0.4, 0.5) is 0 Å². The van der Waals surface area contributed by atoms with E-state index in [1.807, 2.05) is 18.2 Å². The minimum Gasteiger partial charge on any atom is -0.484 e. The lowest BCUT2D eigenvalue weighted by Crippen LogP contribution is -2.48. The summed E-state index contributed by atoms with van der Waals surface area (Å²) in [6, 6.07) is 17.9. The van der Waals surface area contributed by atoms with Crippen molar-refractivity contribution in [2.45, 2.75) is 25.3 Å². The maximum Gasteiger partial charge on any atom is 0.259 e. The number of amides is 1. The van der Waals surface area contributed by atoms with Gasteiger partial charge in [-0.1, -0.05) is 30.3 Å². The summed E-state index contributed by atoms with van der Waals surface area (Å²) in [5, 5.41) is 12.0. The van der Waals surface area contributed by atoms with Gasteiger partial charge in [-0.15, -0.1) is 0 Å². The van der Waals surface area contributed by atoms with Crippen molar-refractivity contribution in [2.75, 3.05) is 6.61 Å². The van der Waals surface area contributed by atoms with Crippen LogP contribution in [-0.4, -0.2) is 23.8 Å². The molecule has 1 fully saturated rings. The average Bonchev–Trinajstić information content (AvgIpc) is 3.53. The average molecular weight is 348 g/mol. The van der Waals surface area contributed by atoms with Gasteiger partial charge in [-0.25, -0.2) is 0 Å². The number of rotatable bonds is 7. The number of carbonyl (C=O) groups excluding carboxylic acids is 2. The van der Waals surface area contributed by atoms with E-state index in [1.165, 1.54) is 0 Å². The molecule has 0 aliphatic heterocycles. The minimum absolute atomic E-state index is 0.0656. The van der Waals surface area contributed by atoms with Gasteiger partial charge in [-0.2, -0.15) is 5.26 Å². The van der Waals surface area contributed by atoms with Crippen LogP contribution in [0.2, 0.25) is 0 Å². The van der Waals surface area contributed by atoms with Gasteiger partial charge in [0.25, 0.3) is 5.91 Å². The van der Waals surface area contributed by atoms with Crippen molar-refractivity contribution in [2.24, 2.45) is 5.92 Å². The Hall–Kier alpha value is -3.13. The Morgan fingerprint density at radius 2 is 1.73 bits per heavy atom. The summed E-state index contributed by atoms with van der Waals surface area (Å²) < 4.78 is 5.47. The zero-order valence-corrected chi connectivity index (χ0v) is 14.6. The summed E-state index contributed by atoms with van der Waals surface area (Å²) in [7, 11) is 0. The standard InChI is InChI=1S/C21H20N2O3/c1-21(14-22,17-9-10-17)23-19(24)13-26-18-11-7-16(8-12-18)20(25)15-5-3-2-4-6-15/h2-8,11-12,17H,9-10,13H2,1H3,(H,23,24)/t21-/m0/s1. The molecule has 26 heavy (non-hydrogen) atoms. The van der Waals surface area contributed by atoms with E-state index in [-0.39, 0.29) is 24.2 Å². The highest BCUT2D eigenvalue weighted by Crippen LogP contribution is 2.39. The molecule has 2 aromatic carbocycles. The molecule has 5 heteroatoms. The monoisotopic (exact) mass is 348 g/mol. The Balaban J connectivity index is 1.55. The number of ether oxygens (including phenoxy) is 1. The summed E-state index contributed by atoms with van der Waals surface area (Å²) in [5.41, 5.74) is 0.349. The predicted molar refractivity (Wildman–Crippen MR) is 96.7 cm³/mol. The summed E-state index contributed by atoms with van der Waals surface area (Å²) >= 11 is 0. The number of benzene rings is 2. The molecule has 5 nitrogen and oxygen atoms in total. The zero-order chi connectivity index (χ0) is 18.6. The van der Waals surface area contributed by atoms with Crippen LogP contribution >= 0.6 is 0 Å². The molecule has 1 atom stereocenters. The lowest BCUT2D eigenvalue weighted by molar-refractivity contribution is -0.124. The predicted octanol–water partition coefficient (Wildman–Crippen LogP) is 3.10. The molecule has 1 saturated carbocycles. The van der Waals surface area contributed by atoms with Crippen LogP contribution in [0.25, 0.3) is 0 Å². The number of hydrogen-bond donors (Lipinski definition) is 1. The molecule has 2 aromatic rings. The summed E-state index contributed by atoms with van der Waals surface area (Å²) in [5.74, 6) is 0.323. The molecular weight excluding hydrogens is 328 g/mol. The molecule has 0 radical (unpaired) electrons. The van der Waals surface area contributed by atoms with E-state index in [0.717, 1.165) is 12.8 Å². The van der Waals surface area contributed by atoms with Crippen molar-refractivity contribution >= 4 is 11.7 Å². The Bertz CT molecular complexity index is 836.